The summed E-state index contributed by atoms with van der Waals surface area (Å²) in [7, 11) is 0. The number of rotatable bonds is 5. The van der Waals surface area contributed by atoms with Crippen LogP contribution in [0.4, 0.5) is 0 Å². The van der Waals surface area contributed by atoms with Crippen LogP contribution < -0.4 is 5.32 Å². The molecule has 0 fully saturated rings. The minimum atomic E-state index is -0.492. The topological polar surface area (TPSA) is 67.2 Å². The van der Waals surface area contributed by atoms with E-state index in [0.29, 0.717) is 12.2 Å². The van der Waals surface area contributed by atoms with Crippen LogP contribution in [-0.4, -0.2) is 20.6 Å². The van der Waals surface area contributed by atoms with Gasteiger partial charge in [-0.3, -0.25) is 9.36 Å². The Labute approximate surface area is 140 Å². The predicted molar refractivity (Wildman–Crippen MR) is 91.8 cm³/mol. The summed E-state index contributed by atoms with van der Waals surface area (Å²) in [5.74, 6) is -0.184. The van der Waals surface area contributed by atoms with E-state index in [0.717, 1.165) is 16.8 Å². The molecule has 3 aromatic rings. The van der Waals surface area contributed by atoms with Gasteiger partial charge in [-0.1, -0.05) is 42.5 Å². The first kappa shape index (κ1) is 16.0. The Bertz CT molecular complexity index is 808. The number of hydrogen-bond donors (Lipinski definition) is 2. The molecule has 0 spiro atoms. The molecule has 5 nitrogen and oxygen atoms in total. The Hall–Kier alpha value is -2.92. The second-order valence-corrected chi connectivity index (χ2v) is 5.58. The summed E-state index contributed by atoms with van der Waals surface area (Å²) >= 11 is 0. The van der Waals surface area contributed by atoms with Crippen molar-refractivity contribution in [2.75, 3.05) is 0 Å². The first-order valence-electron chi connectivity index (χ1n) is 7.78. The molecule has 0 aliphatic rings. The van der Waals surface area contributed by atoms with Gasteiger partial charge in [-0.15, -0.1) is 0 Å². The number of para-hydroxylation sites is 1. The first-order valence-corrected chi connectivity index (χ1v) is 7.78. The summed E-state index contributed by atoms with van der Waals surface area (Å²) in [4.78, 5) is 16.5. The number of nitrogens with zero attached hydrogens (tertiary/aromatic N) is 2. The second kappa shape index (κ2) is 7.10. The number of hydrogen-bond acceptors (Lipinski definition) is 3. The Morgan fingerprint density at radius 1 is 1.17 bits per heavy atom. The van der Waals surface area contributed by atoms with Crippen LogP contribution >= 0.6 is 0 Å². The van der Waals surface area contributed by atoms with Gasteiger partial charge in [-0.25, -0.2) is 4.98 Å². The molecule has 0 aliphatic carbocycles. The van der Waals surface area contributed by atoms with Gasteiger partial charge in [0.2, 0.25) is 0 Å². The number of amides is 1. The van der Waals surface area contributed by atoms with Gasteiger partial charge in [0, 0.05) is 12.2 Å². The normalized spacial score (nSPS) is 11.9. The summed E-state index contributed by atoms with van der Waals surface area (Å²) in [6.45, 7) is 2.14. The van der Waals surface area contributed by atoms with E-state index in [4.69, 9.17) is 0 Å². The molecular formula is C19H19N3O2. The number of imidazole rings is 1. The first-order chi connectivity index (χ1) is 11.6. The zero-order valence-corrected chi connectivity index (χ0v) is 13.4. The lowest BCUT2D eigenvalue weighted by Gasteiger charge is -2.10. The number of nitrogens with one attached hydrogen (secondary N) is 1. The smallest absolute Gasteiger partial charge is 0.270 e. The van der Waals surface area contributed by atoms with Gasteiger partial charge in [0.15, 0.2) is 0 Å². The minimum Gasteiger partial charge on any atom is -0.389 e. The number of aromatic nitrogens is 2. The molecule has 0 aliphatic heterocycles. The van der Waals surface area contributed by atoms with Crippen molar-refractivity contribution in [3.8, 4) is 5.69 Å². The number of carbonyl (C=O) groups is 1. The van der Waals surface area contributed by atoms with Gasteiger partial charge >= 0.3 is 0 Å². The highest BCUT2D eigenvalue weighted by Gasteiger charge is 2.12. The largest absolute Gasteiger partial charge is 0.389 e. The average molecular weight is 321 g/mol. The Morgan fingerprint density at radius 3 is 2.54 bits per heavy atom. The Balaban J connectivity index is 1.69. The molecule has 1 unspecified atom stereocenters. The average Bonchev–Trinajstić information content (AvgIpc) is 3.10. The molecule has 0 radical (unpaired) electrons. The molecule has 2 N–H and O–H groups in total. The van der Waals surface area contributed by atoms with Gasteiger partial charge < -0.3 is 10.4 Å². The fourth-order valence-corrected chi connectivity index (χ4v) is 2.44. The monoisotopic (exact) mass is 321 g/mol. The maximum atomic E-state index is 12.4. The van der Waals surface area contributed by atoms with Crippen LogP contribution in [0.25, 0.3) is 5.69 Å². The molecule has 122 valence electrons. The van der Waals surface area contributed by atoms with Crippen LogP contribution in [-0.2, 0) is 6.54 Å². The number of benzene rings is 2. The SMILES string of the molecule is CC(O)c1ccc(CNC(=O)c2cncn2-c2ccccc2)cc1. The van der Waals surface area contributed by atoms with E-state index in [1.54, 1.807) is 24.0 Å². The van der Waals surface area contributed by atoms with Crippen molar-refractivity contribution in [3.05, 3.63) is 83.9 Å². The summed E-state index contributed by atoms with van der Waals surface area (Å²) < 4.78 is 1.76. The summed E-state index contributed by atoms with van der Waals surface area (Å²) in [5, 5.41) is 12.4. The molecule has 0 saturated carbocycles. The summed E-state index contributed by atoms with van der Waals surface area (Å²) in [6.07, 6.45) is 2.69. The van der Waals surface area contributed by atoms with Crippen LogP contribution in [0, 0.1) is 0 Å². The highest BCUT2D eigenvalue weighted by Crippen LogP contribution is 2.13. The predicted octanol–water partition coefficient (Wildman–Crippen LogP) is 2.86. The molecule has 0 bridgehead atoms. The standard InChI is InChI=1S/C19H19N3O2/c1-14(23)16-9-7-15(8-10-16)11-21-19(24)18-12-20-13-22(18)17-5-3-2-4-6-17/h2-10,12-14,23H,11H2,1H3,(H,21,24). The van der Waals surface area contributed by atoms with Gasteiger partial charge in [0.1, 0.15) is 5.69 Å². The second-order valence-electron chi connectivity index (χ2n) is 5.58. The summed E-state index contributed by atoms with van der Waals surface area (Å²) in [5.41, 5.74) is 3.20. The molecule has 3 rings (SSSR count). The lowest BCUT2D eigenvalue weighted by Crippen LogP contribution is -2.25. The van der Waals surface area contributed by atoms with Crippen molar-refractivity contribution in [2.45, 2.75) is 19.6 Å². The fraction of sp³-hybridized carbons (Fsp3) is 0.158. The van der Waals surface area contributed by atoms with Gasteiger partial charge in [0.05, 0.1) is 18.6 Å². The van der Waals surface area contributed by atoms with E-state index < -0.39 is 6.10 Å². The van der Waals surface area contributed by atoms with E-state index in [-0.39, 0.29) is 5.91 Å². The Kier molecular flexibility index (Phi) is 4.72. The number of aliphatic hydroxyl groups excluding tert-OH is 1. The van der Waals surface area contributed by atoms with E-state index in [9.17, 15) is 9.90 Å². The summed E-state index contributed by atoms with van der Waals surface area (Å²) in [6, 6.07) is 17.1. The van der Waals surface area contributed by atoms with Crippen molar-refractivity contribution in [2.24, 2.45) is 0 Å². The molecule has 5 heteroatoms. The molecule has 1 atom stereocenters. The van der Waals surface area contributed by atoms with Gasteiger partial charge in [0.25, 0.3) is 5.91 Å². The maximum absolute atomic E-state index is 12.4. The van der Waals surface area contributed by atoms with Crippen LogP contribution in [0.1, 0.15) is 34.6 Å². The third-order valence-electron chi connectivity index (χ3n) is 3.82. The van der Waals surface area contributed by atoms with Crippen LogP contribution in [0.15, 0.2) is 67.1 Å². The molecule has 2 aromatic carbocycles. The number of carbonyl (C=O) groups excluding carboxylic acids is 1. The van der Waals surface area contributed by atoms with E-state index >= 15 is 0 Å². The highest BCUT2D eigenvalue weighted by molar-refractivity contribution is 5.92. The molecule has 1 amide bonds. The minimum absolute atomic E-state index is 0.184. The van der Waals surface area contributed by atoms with Crippen molar-refractivity contribution in [3.63, 3.8) is 0 Å². The maximum Gasteiger partial charge on any atom is 0.270 e. The molecule has 1 aromatic heterocycles. The van der Waals surface area contributed by atoms with Crippen molar-refractivity contribution >= 4 is 5.91 Å². The van der Waals surface area contributed by atoms with Gasteiger partial charge in [-0.05, 0) is 30.2 Å². The highest BCUT2D eigenvalue weighted by atomic mass is 16.3. The molecule has 0 saturated heterocycles. The van der Waals surface area contributed by atoms with Crippen molar-refractivity contribution < 1.29 is 9.90 Å². The lowest BCUT2D eigenvalue weighted by molar-refractivity contribution is 0.0944. The molecule has 1 heterocycles. The molecule has 24 heavy (non-hydrogen) atoms. The zero-order chi connectivity index (χ0) is 16.9. The van der Waals surface area contributed by atoms with Crippen molar-refractivity contribution in [1.29, 1.82) is 0 Å². The molecular weight excluding hydrogens is 302 g/mol. The lowest BCUT2D eigenvalue weighted by atomic mass is 10.1. The van der Waals surface area contributed by atoms with Gasteiger partial charge in [-0.2, -0.15) is 0 Å². The van der Waals surface area contributed by atoms with Crippen LogP contribution in [0.5, 0.6) is 0 Å². The quantitative estimate of drug-likeness (QED) is 0.759. The van der Waals surface area contributed by atoms with E-state index in [2.05, 4.69) is 10.3 Å². The van der Waals surface area contributed by atoms with E-state index in [1.807, 2.05) is 54.6 Å². The zero-order valence-electron chi connectivity index (χ0n) is 13.4. The van der Waals surface area contributed by atoms with E-state index in [1.165, 1.54) is 0 Å². The fourth-order valence-electron chi connectivity index (χ4n) is 2.44. The third kappa shape index (κ3) is 3.52. The van der Waals surface area contributed by atoms with Crippen molar-refractivity contribution in [1.82, 2.24) is 14.9 Å². The van der Waals surface area contributed by atoms with Crippen LogP contribution in [0.3, 0.4) is 0 Å². The third-order valence-corrected chi connectivity index (χ3v) is 3.82. The number of aliphatic hydroxyl groups is 1. The Morgan fingerprint density at radius 2 is 1.88 bits per heavy atom. The van der Waals surface area contributed by atoms with Crippen LogP contribution in [0.2, 0.25) is 0 Å².